The van der Waals surface area contributed by atoms with Gasteiger partial charge < -0.3 is 10.6 Å². The van der Waals surface area contributed by atoms with Crippen LogP contribution in [0.4, 0.5) is 5.69 Å². The molecule has 0 saturated carbocycles. The fourth-order valence-corrected chi connectivity index (χ4v) is 1.39. The molecule has 0 aliphatic carbocycles. The van der Waals surface area contributed by atoms with E-state index in [4.69, 9.17) is 16.9 Å². The lowest BCUT2D eigenvalue weighted by Crippen LogP contribution is -2.21. The molecule has 0 atom stereocenters. The minimum Gasteiger partial charge on any atom is -0.355 e. The van der Waals surface area contributed by atoms with Crippen LogP contribution >= 0.6 is 11.6 Å². The van der Waals surface area contributed by atoms with Crippen molar-refractivity contribution in [3.63, 3.8) is 0 Å². The van der Waals surface area contributed by atoms with E-state index in [0.29, 0.717) is 10.7 Å². The minimum atomic E-state index is -0.472. The normalized spacial score (nSPS) is 9.24. The van der Waals surface area contributed by atoms with Crippen LogP contribution in [0.1, 0.15) is 16.8 Å². The topological polar surface area (TPSA) is 82.0 Å². The molecule has 0 aliphatic rings. The zero-order valence-corrected chi connectivity index (χ0v) is 9.84. The SMILES string of the molecule is CNC(=O)c1cc(Cl)ccc1NC(=O)CC#N. The highest BCUT2D eigenvalue weighted by Gasteiger charge is 2.12. The summed E-state index contributed by atoms with van der Waals surface area (Å²) in [7, 11) is 1.48. The van der Waals surface area contributed by atoms with E-state index in [-0.39, 0.29) is 17.9 Å². The molecule has 0 unspecified atom stereocenters. The molecule has 5 nitrogen and oxygen atoms in total. The predicted octanol–water partition coefficient (Wildman–Crippen LogP) is 1.55. The van der Waals surface area contributed by atoms with E-state index in [1.54, 1.807) is 12.1 Å². The van der Waals surface area contributed by atoms with Gasteiger partial charge in [-0.3, -0.25) is 9.59 Å². The highest BCUT2D eigenvalue weighted by molar-refractivity contribution is 6.31. The molecule has 2 N–H and O–H groups in total. The fourth-order valence-electron chi connectivity index (χ4n) is 1.21. The summed E-state index contributed by atoms with van der Waals surface area (Å²) in [6.07, 6.45) is -0.268. The van der Waals surface area contributed by atoms with Crippen molar-refractivity contribution in [2.75, 3.05) is 12.4 Å². The Labute approximate surface area is 103 Å². The maximum atomic E-state index is 11.5. The second kappa shape index (κ2) is 5.87. The van der Waals surface area contributed by atoms with Crippen LogP contribution in [0.3, 0.4) is 0 Å². The van der Waals surface area contributed by atoms with E-state index in [1.165, 1.54) is 19.2 Å². The molecule has 17 heavy (non-hydrogen) atoms. The van der Waals surface area contributed by atoms with Gasteiger partial charge in [0.1, 0.15) is 6.42 Å². The highest BCUT2D eigenvalue weighted by atomic mass is 35.5. The van der Waals surface area contributed by atoms with Gasteiger partial charge in [0.15, 0.2) is 0 Å². The third-order valence-electron chi connectivity index (χ3n) is 1.97. The molecule has 0 radical (unpaired) electrons. The Kier molecular flexibility index (Phi) is 4.49. The maximum Gasteiger partial charge on any atom is 0.253 e. The van der Waals surface area contributed by atoms with Gasteiger partial charge in [0.05, 0.1) is 17.3 Å². The molecule has 1 aromatic carbocycles. The number of amides is 2. The molecular formula is C11H10ClN3O2. The van der Waals surface area contributed by atoms with Crippen molar-refractivity contribution < 1.29 is 9.59 Å². The number of hydrogen-bond acceptors (Lipinski definition) is 3. The van der Waals surface area contributed by atoms with Crippen molar-refractivity contribution in [1.29, 1.82) is 5.26 Å². The van der Waals surface area contributed by atoms with Gasteiger partial charge in [-0.1, -0.05) is 11.6 Å². The molecule has 0 bridgehead atoms. The number of carbonyl (C=O) groups excluding carboxylic acids is 2. The summed E-state index contributed by atoms with van der Waals surface area (Å²) < 4.78 is 0. The second-order valence-electron chi connectivity index (χ2n) is 3.15. The largest absolute Gasteiger partial charge is 0.355 e. The monoisotopic (exact) mass is 251 g/mol. The second-order valence-corrected chi connectivity index (χ2v) is 3.59. The summed E-state index contributed by atoms with van der Waals surface area (Å²) in [4.78, 5) is 22.8. The lowest BCUT2D eigenvalue weighted by molar-refractivity contribution is -0.115. The average Bonchev–Trinajstić information content (AvgIpc) is 2.30. The summed E-state index contributed by atoms with van der Waals surface area (Å²) in [5.74, 6) is -0.834. The molecule has 6 heteroatoms. The Hall–Kier alpha value is -2.06. The van der Waals surface area contributed by atoms with Gasteiger partial charge in [-0.15, -0.1) is 0 Å². The molecule has 0 saturated heterocycles. The number of nitrogens with zero attached hydrogens (tertiary/aromatic N) is 1. The van der Waals surface area contributed by atoms with Gasteiger partial charge in [0.25, 0.3) is 5.91 Å². The number of nitriles is 1. The zero-order chi connectivity index (χ0) is 12.8. The maximum absolute atomic E-state index is 11.5. The smallest absolute Gasteiger partial charge is 0.253 e. The van der Waals surface area contributed by atoms with E-state index in [0.717, 1.165) is 0 Å². The van der Waals surface area contributed by atoms with Crippen LogP contribution in [0.25, 0.3) is 0 Å². The molecule has 0 aromatic heterocycles. The van der Waals surface area contributed by atoms with Gasteiger partial charge in [-0.2, -0.15) is 5.26 Å². The Morgan fingerprint density at radius 1 is 1.47 bits per heavy atom. The lowest BCUT2D eigenvalue weighted by Gasteiger charge is -2.09. The van der Waals surface area contributed by atoms with Crippen LogP contribution in [-0.2, 0) is 4.79 Å². The number of carbonyl (C=O) groups is 2. The van der Waals surface area contributed by atoms with Crippen LogP contribution in [0.5, 0.6) is 0 Å². The Morgan fingerprint density at radius 2 is 2.18 bits per heavy atom. The summed E-state index contributed by atoms with van der Waals surface area (Å²) >= 11 is 5.77. The van der Waals surface area contributed by atoms with Gasteiger partial charge in [0.2, 0.25) is 5.91 Å². The molecule has 0 spiro atoms. The molecule has 2 amide bonds. The minimum absolute atomic E-state index is 0.256. The highest BCUT2D eigenvalue weighted by Crippen LogP contribution is 2.20. The predicted molar refractivity (Wildman–Crippen MR) is 63.7 cm³/mol. The van der Waals surface area contributed by atoms with E-state index < -0.39 is 5.91 Å². The third kappa shape index (κ3) is 3.47. The van der Waals surface area contributed by atoms with Crippen LogP contribution in [0.15, 0.2) is 18.2 Å². The molecule has 1 rings (SSSR count). The standard InChI is InChI=1S/C11H10ClN3O2/c1-14-11(17)8-6-7(12)2-3-9(8)15-10(16)4-5-13/h2-3,6H,4H2,1H3,(H,14,17)(H,15,16). The van der Waals surface area contributed by atoms with Crippen LogP contribution in [0.2, 0.25) is 5.02 Å². The summed E-state index contributed by atoms with van der Waals surface area (Å²) in [6.45, 7) is 0. The molecule has 0 fully saturated rings. The first-order valence-corrected chi connectivity index (χ1v) is 5.14. The third-order valence-corrected chi connectivity index (χ3v) is 2.20. The quantitative estimate of drug-likeness (QED) is 0.855. The van der Waals surface area contributed by atoms with E-state index in [9.17, 15) is 9.59 Å². The first kappa shape index (κ1) is 13.0. The van der Waals surface area contributed by atoms with Crippen molar-refractivity contribution in [1.82, 2.24) is 5.32 Å². The Morgan fingerprint density at radius 3 is 2.76 bits per heavy atom. The molecule has 1 aromatic rings. The van der Waals surface area contributed by atoms with Crippen molar-refractivity contribution in [3.05, 3.63) is 28.8 Å². The van der Waals surface area contributed by atoms with Crippen LogP contribution in [0, 0.1) is 11.3 Å². The average molecular weight is 252 g/mol. The summed E-state index contributed by atoms with van der Waals surface area (Å²) in [5.41, 5.74) is 0.584. The Bertz CT molecular complexity index is 494. The summed E-state index contributed by atoms with van der Waals surface area (Å²) in [6, 6.07) is 6.24. The first-order valence-electron chi connectivity index (χ1n) is 4.77. The lowest BCUT2D eigenvalue weighted by atomic mass is 10.1. The molecule has 0 heterocycles. The van der Waals surface area contributed by atoms with Gasteiger partial charge in [0, 0.05) is 12.1 Å². The first-order chi connectivity index (χ1) is 8.08. The molecule has 0 aliphatic heterocycles. The molecular weight excluding hydrogens is 242 g/mol. The number of hydrogen-bond donors (Lipinski definition) is 2. The van der Waals surface area contributed by atoms with E-state index in [1.807, 2.05) is 0 Å². The number of rotatable bonds is 3. The number of nitrogens with one attached hydrogen (secondary N) is 2. The van der Waals surface area contributed by atoms with Crippen molar-refractivity contribution in [2.24, 2.45) is 0 Å². The van der Waals surface area contributed by atoms with E-state index >= 15 is 0 Å². The van der Waals surface area contributed by atoms with Crippen LogP contribution in [-0.4, -0.2) is 18.9 Å². The number of anilines is 1. The Balaban J connectivity index is 3.03. The van der Waals surface area contributed by atoms with Crippen molar-refractivity contribution in [3.8, 4) is 6.07 Å². The van der Waals surface area contributed by atoms with Gasteiger partial charge >= 0.3 is 0 Å². The summed E-state index contributed by atoms with van der Waals surface area (Å²) in [5, 5.41) is 13.7. The van der Waals surface area contributed by atoms with Crippen molar-refractivity contribution in [2.45, 2.75) is 6.42 Å². The van der Waals surface area contributed by atoms with Crippen molar-refractivity contribution >= 4 is 29.1 Å². The number of halogens is 1. The van der Waals surface area contributed by atoms with Crippen LogP contribution < -0.4 is 10.6 Å². The zero-order valence-electron chi connectivity index (χ0n) is 9.08. The van der Waals surface area contributed by atoms with E-state index in [2.05, 4.69) is 10.6 Å². The number of benzene rings is 1. The van der Waals surface area contributed by atoms with Gasteiger partial charge in [-0.05, 0) is 18.2 Å². The molecule has 88 valence electrons. The van der Waals surface area contributed by atoms with Gasteiger partial charge in [-0.25, -0.2) is 0 Å². The fraction of sp³-hybridized carbons (Fsp3) is 0.182.